The van der Waals surface area contributed by atoms with E-state index in [0.29, 0.717) is 0 Å². The summed E-state index contributed by atoms with van der Waals surface area (Å²) in [4.78, 5) is 15.6. The Hall–Kier alpha value is -2.29. The number of carbonyl (C=O) groups is 1. The number of aliphatic imine (C=N–C) groups is 1. The molecule has 6 nitrogen and oxygen atoms in total. The number of hydrogen-bond donors (Lipinski definition) is 2. The molecule has 1 aliphatic heterocycles. The van der Waals surface area contributed by atoms with Crippen molar-refractivity contribution in [2.24, 2.45) is 4.99 Å². The van der Waals surface area contributed by atoms with E-state index in [2.05, 4.69) is 10.3 Å². The van der Waals surface area contributed by atoms with Gasteiger partial charge in [0.05, 0.1) is 6.61 Å². The van der Waals surface area contributed by atoms with Crippen molar-refractivity contribution < 1.29 is 27.4 Å². The third-order valence-corrected chi connectivity index (χ3v) is 3.35. The summed E-state index contributed by atoms with van der Waals surface area (Å²) in [6, 6.07) is 5.34. The van der Waals surface area contributed by atoms with Crippen LogP contribution < -0.4 is 11.1 Å². The second-order valence-corrected chi connectivity index (χ2v) is 6.66. The Morgan fingerprint density at radius 2 is 2.04 bits per heavy atom. The Kier molecular flexibility index (Phi) is 4.99. The van der Waals surface area contributed by atoms with Gasteiger partial charge in [-0.25, -0.2) is 9.79 Å². The van der Waals surface area contributed by atoms with Gasteiger partial charge in [-0.15, -0.1) is 0 Å². The lowest BCUT2D eigenvalue weighted by Crippen LogP contribution is -2.51. The molecule has 25 heavy (non-hydrogen) atoms. The molecule has 0 saturated heterocycles. The molecule has 0 aromatic heterocycles. The van der Waals surface area contributed by atoms with Gasteiger partial charge in [-0.3, -0.25) is 5.32 Å². The number of amides is 1. The van der Waals surface area contributed by atoms with E-state index < -0.39 is 30.0 Å². The molecule has 1 heterocycles. The number of nitrogens with two attached hydrogens (primary N) is 1. The Balaban J connectivity index is 2.39. The fraction of sp³-hybridized carbons (Fsp3) is 0.500. The lowest BCUT2D eigenvalue weighted by atomic mass is 9.89. The summed E-state index contributed by atoms with van der Waals surface area (Å²) in [6.45, 7) is 3.94. The van der Waals surface area contributed by atoms with Crippen LogP contribution >= 0.6 is 0 Å². The van der Waals surface area contributed by atoms with Gasteiger partial charge in [0.2, 0.25) is 5.54 Å². The highest BCUT2D eigenvalue weighted by Gasteiger charge is 2.58. The number of hydrogen-bond acceptors (Lipinski definition) is 5. The molecule has 3 N–H and O–H groups in total. The summed E-state index contributed by atoms with van der Waals surface area (Å²) in [5.74, 6) is -0.264. The highest BCUT2D eigenvalue weighted by molar-refractivity contribution is 5.96. The second kappa shape index (κ2) is 6.55. The molecule has 0 saturated carbocycles. The van der Waals surface area contributed by atoms with Crippen molar-refractivity contribution in [2.45, 2.75) is 38.1 Å². The van der Waals surface area contributed by atoms with Crippen LogP contribution in [-0.4, -0.2) is 36.9 Å². The maximum absolute atomic E-state index is 13.8. The molecular formula is C16H20F3N3O3. The Morgan fingerprint density at radius 1 is 1.36 bits per heavy atom. The molecule has 1 aromatic rings. The van der Waals surface area contributed by atoms with Crippen LogP contribution in [0.15, 0.2) is 29.3 Å². The van der Waals surface area contributed by atoms with E-state index >= 15 is 0 Å². The van der Waals surface area contributed by atoms with Gasteiger partial charge in [-0.2, -0.15) is 13.2 Å². The third-order valence-electron chi connectivity index (χ3n) is 3.35. The van der Waals surface area contributed by atoms with Gasteiger partial charge in [0.15, 0.2) is 0 Å². The van der Waals surface area contributed by atoms with E-state index in [0.717, 1.165) is 0 Å². The number of alkyl carbamates (subject to hydrolysis) is 1. The summed E-state index contributed by atoms with van der Waals surface area (Å²) in [6.07, 6.45) is -5.65. The minimum absolute atomic E-state index is 0.164. The minimum Gasteiger partial charge on any atom is -0.444 e. The van der Waals surface area contributed by atoms with Crippen molar-refractivity contribution >= 4 is 17.6 Å². The molecule has 0 spiro atoms. The number of nitrogens with zero attached hydrogens (tertiary/aromatic N) is 1. The SMILES string of the molecule is CC(C)(C)OC(=O)NC1=NC(c2cccc(N)c2)(C(F)(F)F)COC1. The summed E-state index contributed by atoms with van der Waals surface area (Å²) in [5, 5.41) is 2.22. The van der Waals surface area contributed by atoms with Crippen LogP contribution in [0.3, 0.4) is 0 Å². The van der Waals surface area contributed by atoms with Crippen molar-refractivity contribution in [3.63, 3.8) is 0 Å². The fourth-order valence-corrected chi connectivity index (χ4v) is 2.33. The van der Waals surface area contributed by atoms with E-state index in [-0.39, 0.29) is 23.7 Å². The van der Waals surface area contributed by atoms with E-state index in [9.17, 15) is 18.0 Å². The quantitative estimate of drug-likeness (QED) is 0.755. The largest absolute Gasteiger partial charge is 0.444 e. The first-order valence-corrected chi connectivity index (χ1v) is 7.52. The Morgan fingerprint density at radius 3 is 2.60 bits per heavy atom. The topological polar surface area (TPSA) is 85.9 Å². The van der Waals surface area contributed by atoms with Crippen molar-refractivity contribution in [3.05, 3.63) is 29.8 Å². The first kappa shape index (κ1) is 19.0. The lowest BCUT2D eigenvalue weighted by Gasteiger charge is -2.36. The number of anilines is 1. The van der Waals surface area contributed by atoms with Crippen LogP contribution in [0, 0.1) is 0 Å². The van der Waals surface area contributed by atoms with Gasteiger partial charge in [-0.1, -0.05) is 12.1 Å². The summed E-state index contributed by atoms with van der Waals surface area (Å²) >= 11 is 0. The van der Waals surface area contributed by atoms with Crippen LogP contribution in [0.4, 0.5) is 23.7 Å². The zero-order valence-electron chi connectivity index (χ0n) is 14.1. The van der Waals surface area contributed by atoms with Gasteiger partial charge >= 0.3 is 12.3 Å². The van der Waals surface area contributed by atoms with Crippen LogP contribution in [0.1, 0.15) is 26.3 Å². The number of nitrogen functional groups attached to an aromatic ring is 1. The molecule has 1 unspecified atom stereocenters. The molecule has 9 heteroatoms. The molecule has 0 bridgehead atoms. The average Bonchev–Trinajstić information content (AvgIpc) is 2.44. The first-order valence-electron chi connectivity index (χ1n) is 7.52. The standard InChI is InChI=1S/C16H20F3N3O3/c1-14(2,3)25-13(23)21-12-8-24-9-15(22-12,16(17,18)19)10-5-4-6-11(20)7-10/h4-7H,8-9,20H2,1-3H3,(H,21,22,23). The van der Waals surface area contributed by atoms with Gasteiger partial charge in [0.1, 0.15) is 18.0 Å². The van der Waals surface area contributed by atoms with E-state index in [1.54, 1.807) is 20.8 Å². The number of halogens is 3. The molecule has 1 aromatic carbocycles. The van der Waals surface area contributed by atoms with Crippen LogP contribution in [0.5, 0.6) is 0 Å². The number of carbonyl (C=O) groups excluding carboxylic acids is 1. The Labute approximate surface area is 143 Å². The van der Waals surface area contributed by atoms with Crippen molar-refractivity contribution in [1.29, 1.82) is 0 Å². The number of nitrogens with one attached hydrogen (secondary N) is 1. The van der Waals surface area contributed by atoms with Gasteiger partial charge in [0, 0.05) is 5.69 Å². The van der Waals surface area contributed by atoms with E-state index in [1.807, 2.05) is 0 Å². The van der Waals surface area contributed by atoms with Crippen molar-refractivity contribution in [3.8, 4) is 0 Å². The predicted molar refractivity (Wildman–Crippen MR) is 86.2 cm³/mol. The lowest BCUT2D eigenvalue weighted by molar-refractivity contribution is -0.205. The predicted octanol–water partition coefficient (Wildman–Crippen LogP) is 2.98. The highest BCUT2D eigenvalue weighted by atomic mass is 19.4. The van der Waals surface area contributed by atoms with Crippen molar-refractivity contribution in [2.75, 3.05) is 18.9 Å². The zero-order chi connectivity index (χ0) is 18.9. The molecular weight excluding hydrogens is 339 g/mol. The number of amidine groups is 1. The number of benzene rings is 1. The first-order chi connectivity index (χ1) is 11.4. The molecule has 138 valence electrons. The minimum atomic E-state index is -4.75. The Bertz CT molecular complexity index is 683. The third kappa shape index (κ3) is 4.41. The highest BCUT2D eigenvalue weighted by Crippen LogP contribution is 2.44. The summed E-state index contributed by atoms with van der Waals surface area (Å²) in [7, 11) is 0. The van der Waals surface area contributed by atoms with Gasteiger partial charge in [-0.05, 0) is 38.5 Å². The van der Waals surface area contributed by atoms with E-state index in [1.165, 1.54) is 24.3 Å². The molecule has 0 radical (unpaired) electrons. The molecule has 1 aliphatic rings. The maximum atomic E-state index is 13.8. The normalized spacial score (nSPS) is 21.4. The molecule has 1 atom stereocenters. The van der Waals surface area contributed by atoms with Gasteiger partial charge in [0.25, 0.3) is 0 Å². The molecule has 0 aliphatic carbocycles. The zero-order valence-corrected chi connectivity index (χ0v) is 14.1. The average molecular weight is 359 g/mol. The second-order valence-electron chi connectivity index (χ2n) is 6.66. The summed E-state index contributed by atoms with van der Waals surface area (Å²) in [5.41, 5.74) is 2.17. The van der Waals surface area contributed by atoms with Gasteiger partial charge < -0.3 is 15.2 Å². The molecule has 1 amide bonds. The van der Waals surface area contributed by atoms with Crippen LogP contribution in [0.2, 0.25) is 0 Å². The number of alkyl halides is 3. The van der Waals surface area contributed by atoms with E-state index in [4.69, 9.17) is 15.2 Å². The monoisotopic (exact) mass is 359 g/mol. The van der Waals surface area contributed by atoms with Crippen molar-refractivity contribution in [1.82, 2.24) is 5.32 Å². The maximum Gasteiger partial charge on any atom is 0.420 e. The summed E-state index contributed by atoms with van der Waals surface area (Å²) < 4.78 is 51.6. The fourth-order valence-electron chi connectivity index (χ4n) is 2.33. The molecule has 2 rings (SSSR count). The smallest absolute Gasteiger partial charge is 0.420 e. The van der Waals surface area contributed by atoms with Crippen LogP contribution in [0.25, 0.3) is 0 Å². The number of ether oxygens (including phenoxy) is 2. The number of rotatable bonds is 1. The van der Waals surface area contributed by atoms with Crippen LogP contribution in [-0.2, 0) is 15.0 Å². The molecule has 0 fully saturated rings.